The molecule has 0 spiro atoms. The number of rotatable bonds is 6. The van der Waals surface area contributed by atoms with Crippen molar-refractivity contribution >= 4 is 22.4 Å². The van der Waals surface area contributed by atoms with Crippen LogP contribution in [0.15, 0.2) is 66.7 Å². The summed E-state index contributed by atoms with van der Waals surface area (Å²) in [6.45, 7) is 1.87. The van der Waals surface area contributed by atoms with Crippen molar-refractivity contribution < 1.29 is 14.3 Å². The van der Waals surface area contributed by atoms with Gasteiger partial charge in [-0.3, -0.25) is 4.79 Å². The molecule has 1 unspecified atom stereocenters. The maximum absolute atomic E-state index is 12.4. The number of hydrogen-bond acceptors (Lipinski definition) is 4. The average molecular weight is 376 g/mol. The van der Waals surface area contributed by atoms with Gasteiger partial charge in [-0.2, -0.15) is 0 Å². The van der Waals surface area contributed by atoms with Crippen molar-refractivity contribution in [1.29, 1.82) is 0 Å². The predicted octanol–water partition coefficient (Wildman–Crippen LogP) is 3.94. The van der Waals surface area contributed by atoms with E-state index >= 15 is 0 Å². The summed E-state index contributed by atoms with van der Waals surface area (Å²) in [5, 5.41) is 5.21. The monoisotopic (exact) mass is 376 g/mol. The smallest absolute Gasteiger partial charge is 0.225 e. The van der Waals surface area contributed by atoms with Gasteiger partial charge in [0.25, 0.3) is 0 Å². The van der Waals surface area contributed by atoms with Crippen LogP contribution in [0.5, 0.6) is 11.5 Å². The van der Waals surface area contributed by atoms with Crippen LogP contribution in [-0.2, 0) is 4.79 Å². The third kappa shape index (κ3) is 4.26. The molecule has 0 saturated heterocycles. The number of anilines is 1. The molecule has 3 aromatic rings. The molecule has 144 valence electrons. The molecular formula is C23H24N2O3. The highest BCUT2D eigenvalue weighted by Crippen LogP contribution is 2.31. The molecule has 0 aliphatic carbocycles. The zero-order valence-corrected chi connectivity index (χ0v) is 15.9. The average Bonchev–Trinajstić information content (AvgIpc) is 2.72. The van der Waals surface area contributed by atoms with E-state index in [0.717, 1.165) is 28.0 Å². The van der Waals surface area contributed by atoms with Gasteiger partial charge in [0.2, 0.25) is 5.91 Å². The van der Waals surface area contributed by atoms with E-state index in [1.807, 2.05) is 73.8 Å². The predicted molar refractivity (Wildman–Crippen MR) is 111 cm³/mol. The van der Waals surface area contributed by atoms with Crippen molar-refractivity contribution in [3.8, 4) is 11.5 Å². The van der Waals surface area contributed by atoms with E-state index in [4.69, 9.17) is 9.47 Å². The van der Waals surface area contributed by atoms with Crippen molar-refractivity contribution in [1.82, 2.24) is 4.90 Å². The van der Waals surface area contributed by atoms with Crippen LogP contribution in [-0.4, -0.2) is 43.7 Å². The molecule has 1 N–H and O–H groups in total. The largest absolute Gasteiger partial charge is 0.486 e. The van der Waals surface area contributed by atoms with Gasteiger partial charge in [-0.05, 0) is 30.6 Å². The Bertz CT molecular complexity index is 967. The molecule has 0 saturated carbocycles. The van der Waals surface area contributed by atoms with Crippen molar-refractivity contribution in [2.24, 2.45) is 0 Å². The summed E-state index contributed by atoms with van der Waals surface area (Å²) < 4.78 is 11.7. The van der Waals surface area contributed by atoms with E-state index in [1.54, 1.807) is 0 Å². The van der Waals surface area contributed by atoms with E-state index < -0.39 is 0 Å². The van der Waals surface area contributed by atoms with Crippen molar-refractivity contribution in [3.05, 3.63) is 66.7 Å². The Kier molecular flexibility index (Phi) is 5.44. The molecule has 28 heavy (non-hydrogen) atoms. The van der Waals surface area contributed by atoms with Crippen LogP contribution >= 0.6 is 0 Å². The fraction of sp³-hybridized carbons (Fsp3) is 0.261. The number of ether oxygens (including phenoxy) is 2. The molecule has 5 nitrogen and oxygen atoms in total. The first-order chi connectivity index (χ1) is 13.7. The summed E-state index contributed by atoms with van der Waals surface area (Å²) in [6.07, 6.45) is 0.380. The molecule has 4 rings (SSSR count). The zero-order chi connectivity index (χ0) is 19.3. The van der Waals surface area contributed by atoms with Crippen molar-refractivity contribution in [3.63, 3.8) is 0 Å². The number of carbonyl (C=O) groups is 1. The summed E-state index contributed by atoms with van der Waals surface area (Å²) in [4.78, 5) is 14.5. The molecule has 0 aromatic heterocycles. The second-order valence-corrected chi connectivity index (χ2v) is 7.08. The van der Waals surface area contributed by atoms with E-state index in [2.05, 4.69) is 10.2 Å². The maximum atomic E-state index is 12.4. The summed E-state index contributed by atoms with van der Waals surface area (Å²) in [5.74, 6) is 1.58. The highest BCUT2D eigenvalue weighted by Gasteiger charge is 2.22. The fourth-order valence-electron chi connectivity index (χ4n) is 3.43. The molecule has 0 radical (unpaired) electrons. The van der Waals surface area contributed by atoms with E-state index in [0.29, 0.717) is 26.1 Å². The van der Waals surface area contributed by atoms with Crippen LogP contribution in [0, 0.1) is 0 Å². The van der Waals surface area contributed by atoms with Gasteiger partial charge in [-0.1, -0.05) is 48.5 Å². The minimum atomic E-state index is -0.0407. The highest BCUT2D eigenvalue weighted by atomic mass is 16.6. The lowest BCUT2D eigenvalue weighted by atomic mass is 10.1. The van der Waals surface area contributed by atoms with Crippen LogP contribution in [0.1, 0.15) is 6.42 Å². The Morgan fingerprint density at radius 1 is 1.04 bits per heavy atom. The molecular weight excluding hydrogens is 352 g/mol. The minimum Gasteiger partial charge on any atom is -0.486 e. The lowest BCUT2D eigenvalue weighted by molar-refractivity contribution is -0.116. The zero-order valence-electron chi connectivity index (χ0n) is 15.9. The van der Waals surface area contributed by atoms with Gasteiger partial charge in [-0.15, -0.1) is 0 Å². The first kappa shape index (κ1) is 18.3. The molecule has 1 aliphatic heterocycles. The van der Waals surface area contributed by atoms with Gasteiger partial charge in [0.1, 0.15) is 12.7 Å². The summed E-state index contributed by atoms with van der Waals surface area (Å²) in [6, 6.07) is 21.7. The van der Waals surface area contributed by atoms with Gasteiger partial charge in [0, 0.05) is 30.6 Å². The number of fused-ring (bicyclic) bond motifs is 2. The number of benzene rings is 3. The third-order valence-corrected chi connectivity index (χ3v) is 4.87. The highest BCUT2D eigenvalue weighted by molar-refractivity contribution is 6.02. The second-order valence-electron chi connectivity index (χ2n) is 7.08. The molecule has 1 atom stereocenters. The number of nitrogens with zero attached hydrogens (tertiary/aromatic N) is 1. The van der Waals surface area contributed by atoms with Crippen LogP contribution in [0.25, 0.3) is 10.8 Å². The van der Waals surface area contributed by atoms with E-state index in [1.165, 1.54) is 0 Å². The Morgan fingerprint density at radius 2 is 1.79 bits per heavy atom. The number of nitrogens with one attached hydrogen (secondary N) is 1. The first-order valence-electron chi connectivity index (χ1n) is 9.54. The molecule has 0 bridgehead atoms. The normalized spacial score (nSPS) is 15.6. The molecule has 1 heterocycles. The van der Waals surface area contributed by atoms with Gasteiger partial charge < -0.3 is 19.7 Å². The standard InChI is InChI=1S/C23H24N2O3/c1-25(15-18-16-27-21-11-4-5-12-22(21)28-18)14-13-23(26)24-20-10-6-8-17-7-2-3-9-19(17)20/h2-12,18H,13-16H2,1H3,(H,24,26). The Labute approximate surface area is 164 Å². The number of para-hydroxylation sites is 2. The lowest BCUT2D eigenvalue weighted by Gasteiger charge is -2.29. The van der Waals surface area contributed by atoms with Crippen LogP contribution in [0.2, 0.25) is 0 Å². The minimum absolute atomic E-state index is 0.00867. The van der Waals surface area contributed by atoms with Crippen LogP contribution in [0.3, 0.4) is 0 Å². The van der Waals surface area contributed by atoms with Crippen LogP contribution < -0.4 is 14.8 Å². The van der Waals surface area contributed by atoms with Gasteiger partial charge in [-0.25, -0.2) is 0 Å². The molecule has 0 fully saturated rings. The molecule has 1 aliphatic rings. The topological polar surface area (TPSA) is 50.8 Å². The summed E-state index contributed by atoms with van der Waals surface area (Å²) in [7, 11) is 2.00. The van der Waals surface area contributed by atoms with E-state index in [9.17, 15) is 4.79 Å². The van der Waals surface area contributed by atoms with Crippen molar-refractivity contribution in [2.75, 3.05) is 32.1 Å². The number of carbonyl (C=O) groups excluding carboxylic acids is 1. The quantitative estimate of drug-likeness (QED) is 0.708. The second kappa shape index (κ2) is 8.31. The number of likely N-dealkylation sites (N-methyl/N-ethyl adjacent to an activating group) is 1. The Morgan fingerprint density at radius 3 is 2.68 bits per heavy atom. The summed E-state index contributed by atoms with van der Waals surface area (Å²) >= 11 is 0. The maximum Gasteiger partial charge on any atom is 0.225 e. The van der Waals surface area contributed by atoms with Crippen LogP contribution in [0.4, 0.5) is 5.69 Å². The van der Waals surface area contributed by atoms with E-state index in [-0.39, 0.29) is 12.0 Å². The third-order valence-electron chi connectivity index (χ3n) is 4.87. The molecule has 3 aromatic carbocycles. The van der Waals surface area contributed by atoms with Crippen molar-refractivity contribution in [2.45, 2.75) is 12.5 Å². The first-order valence-corrected chi connectivity index (χ1v) is 9.54. The SMILES string of the molecule is CN(CCC(=O)Nc1cccc2ccccc12)CC1COc2ccccc2O1. The molecule has 1 amide bonds. The van der Waals surface area contributed by atoms with Gasteiger partial charge in [0.05, 0.1) is 0 Å². The number of amides is 1. The fourth-order valence-corrected chi connectivity index (χ4v) is 3.43. The lowest BCUT2D eigenvalue weighted by Crippen LogP contribution is -2.40. The number of hydrogen-bond donors (Lipinski definition) is 1. The molecule has 5 heteroatoms. The van der Waals surface area contributed by atoms with Gasteiger partial charge in [0.15, 0.2) is 11.5 Å². The van der Waals surface area contributed by atoms with Gasteiger partial charge >= 0.3 is 0 Å². The Balaban J connectivity index is 1.28. The Hall–Kier alpha value is -3.05. The summed E-state index contributed by atoms with van der Waals surface area (Å²) in [5.41, 5.74) is 0.853.